The summed E-state index contributed by atoms with van der Waals surface area (Å²) in [6, 6.07) is 12.1. The highest BCUT2D eigenvalue weighted by atomic mass is 28.4. The van der Waals surface area contributed by atoms with E-state index < -0.39 is 8.32 Å². The van der Waals surface area contributed by atoms with Crippen LogP contribution in [-0.2, 0) is 4.43 Å². The monoisotopic (exact) mass is 503 g/mol. The third-order valence-electron chi connectivity index (χ3n) is 7.14. The van der Waals surface area contributed by atoms with Gasteiger partial charge in [-0.15, -0.1) is 0 Å². The number of allylic oxidation sites excluding steroid dienone is 4. The highest BCUT2D eigenvalue weighted by Crippen LogP contribution is 2.37. The number of hydrogen-bond donors (Lipinski definition) is 0. The van der Waals surface area contributed by atoms with Crippen molar-refractivity contribution in [3.63, 3.8) is 0 Å². The van der Waals surface area contributed by atoms with Crippen LogP contribution in [0.15, 0.2) is 60.8 Å². The molecule has 0 N–H and O–H groups in total. The second kappa shape index (κ2) is 10.4. The molecule has 0 radical (unpaired) electrons. The Balaban J connectivity index is 1.72. The molecule has 0 spiro atoms. The fraction of sp³-hybridized carbons (Fsp3) is 0.379. The van der Waals surface area contributed by atoms with Crippen LogP contribution in [-0.4, -0.2) is 45.7 Å². The average Bonchev–Trinajstić information content (AvgIpc) is 3.40. The van der Waals surface area contributed by atoms with E-state index in [1.807, 2.05) is 30.5 Å². The van der Waals surface area contributed by atoms with Crippen molar-refractivity contribution in [2.24, 2.45) is 0 Å². The van der Waals surface area contributed by atoms with E-state index in [4.69, 9.17) is 18.9 Å². The van der Waals surface area contributed by atoms with Crippen LogP contribution in [0.4, 0.5) is 11.4 Å². The van der Waals surface area contributed by atoms with Crippen molar-refractivity contribution in [2.75, 3.05) is 32.3 Å². The Morgan fingerprint density at radius 3 is 2.28 bits per heavy atom. The molecule has 0 bridgehead atoms. The first kappa shape index (κ1) is 25.9. The van der Waals surface area contributed by atoms with Crippen LogP contribution < -0.4 is 14.4 Å². The molecule has 0 atom stereocenters. The number of nitrogens with zero attached hydrogens (tertiary/aromatic N) is 3. The number of hydrogen-bond acceptors (Lipinski definition) is 6. The van der Waals surface area contributed by atoms with Gasteiger partial charge in [-0.3, -0.25) is 4.98 Å². The SMILES string of the molecule is COc1cc(OC)cc(N(CCO[Si](C)(C)C(C)(C)C)c2ccc3ncc(C4=CCC=C4)nc3c2)c1. The van der Waals surface area contributed by atoms with Gasteiger partial charge in [-0.2, -0.15) is 0 Å². The first-order chi connectivity index (χ1) is 17.1. The van der Waals surface area contributed by atoms with Crippen molar-refractivity contribution < 1.29 is 13.9 Å². The minimum absolute atomic E-state index is 0.148. The molecular formula is C29H37N3O3Si. The van der Waals surface area contributed by atoms with Crippen LogP contribution >= 0.6 is 0 Å². The van der Waals surface area contributed by atoms with E-state index in [1.54, 1.807) is 14.2 Å². The Hall–Kier alpha value is -3.16. The maximum Gasteiger partial charge on any atom is 0.192 e. The van der Waals surface area contributed by atoms with E-state index >= 15 is 0 Å². The molecule has 36 heavy (non-hydrogen) atoms. The molecule has 1 aliphatic rings. The number of anilines is 2. The fourth-order valence-corrected chi connectivity index (χ4v) is 4.95. The molecule has 0 aliphatic heterocycles. The Bertz CT molecular complexity index is 1270. The van der Waals surface area contributed by atoms with Gasteiger partial charge in [0.05, 0.1) is 43.8 Å². The summed E-state index contributed by atoms with van der Waals surface area (Å²) in [4.78, 5) is 11.8. The van der Waals surface area contributed by atoms with Crippen molar-refractivity contribution >= 4 is 36.3 Å². The van der Waals surface area contributed by atoms with E-state index in [-0.39, 0.29) is 5.04 Å². The zero-order valence-corrected chi connectivity index (χ0v) is 23.5. The van der Waals surface area contributed by atoms with Crippen molar-refractivity contribution in [1.29, 1.82) is 0 Å². The molecule has 0 unspecified atom stereocenters. The maximum atomic E-state index is 6.55. The predicted molar refractivity (Wildman–Crippen MR) is 151 cm³/mol. The molecule has 190 valence electrons. The van der Waals surface area contributed by atoms with Crippen LogP contribution in [0.5, 0.6) is 11.5 Å². The van der Waals surface area contributed by atoms with E-state index in [0.29, 0.717) is 13.2 Å². The molecule has 4 rings (SSSR count). The molecule has 1 aliphatic carbocycles. The molecule has 1 heterocycles. The van der Waals surface area contributed by atoms with Crippen molar-refractivity contribution in [3.05, 3.63) is 66.5 Å². The molecule has 3 aromatic rings. The van der Waals surface area contributed by atoms with Gasteiger partial charge in [-0.25, -0.2) is 4.98 Å². The van der Waals surface area contributed by atoms with Gasteiger partial charge in [0.1, 0.15) is 11.5 Å². The van der Waals surface area contributed by atoms with Gasteiger partial charge >= 0.3 is 0 Å². The zero-order chi connectivity index (χ0) is 25.9. The van der Waals surface area contributed by atoms with Gasteiger partial charge in [0, 0.05) is 36.1 Å². The normalized spacial score (nSPS) is 13.7. The summed E-state index contributed by atoms with van der Waals surface area (Å²) in [6.07, 6.45) is 9.20. The summed E-state index contributed by atoms with van der Waals surface area (Å²) < 4.78 is 17.7. The van der Waals surface area contributed by atoms with E-state index in [9.17, 15) is 0 Å². The summed E-state index contributed by atoms with van der Waals surface area (Å²) in [7, 11) is 1.45. The lowest BCUT2D eigenvalue weighted by atomic mass is 10.1. The first-order valence-electron chi connectivity index (χ1n) is 12.4. The van der Waals surface area contributed by atoms with Crippen LogP contribution in [0.2, 0.25) is 18.1 Å². The summed E-state index contributed by atoms with van der Waals surface area (Å²) >= 11 is 0. The van der Waals surface area contributed by atoms with E-state index in [0.717, 1.165) is 51.6 Å². The second-order valence-electron chi connectivity index (χ2n) is 10.6. The molecule has 0 amide bonds. The Morgan fingerprint density at radius 1 is 0.944 bits per heavy atom. The topological polar surface area (TPSA) is 56.7 Å². The van der Waals surface area contributed by atoms with Gasteiger partial charge in [-0.1, -0.05) is 39.0 Å². The Labute approximate surface area is 215 Å². The third-order valence-corrected chi connectivity index (χ3v) is 11.7. The molecule has 0 fully saturated rings. The average molecular weight is 504 g/mol. The fourth-order valence-electron chi connectivity index (χ4n) is 3.92. The van der Waals surface area contributed by atoms with Crippen molar-refractivity contribution in [3.8, 4) is 11.5 Å². The van der Waals surface area contributed by atoms with Gasteiger partial charge in [0.2, 0.25) is 0 Å². The van der Waals surface area contributed by atoms with Crippen molar-refractivity contribution in [1.82, 2.24) is 9.97 Å². The smallest absolute Gasteiger partial charge is 0.192 e. The van der Waals surface area contributed by atoms with Crippen molar-refractivity contribution in [2.45, 2.75) is 45.3 Å². The minimum atomic E-state index is -1.89. The minimum Gasteiger partial charge on any atom is -0.497 e. The molecule has 7 heteroatoms. The molecule has 6 nitrogen and oxygen atoms in total. The van der Waals surface area contributed by atoms with Crippen LogP contribution in [0.1, 0.15) is 32.9 Å². The Kier molecular flexibility index (Phi) is 7.52. The zero-order valence-electron chi connectivity index (χ0n) is 22.5. The number of ether oxygens (including phenoxy) is 2. The first-order valence-corrected chi connectivity index (χ1v) is 15.3. The molecule has 1 aromatic heterocycles. The van der Waals surface area contributed by atoms with E-state index in [2.05, 4.69) is 74.1 Å². The Morgan fingerprint density at radius 2 is 1.67 bits per heavy atom. The van der Waals surface area contributed by atoms with Crippen LogP contribution in [0.25, 0.3) is 16.6 Å². The number of benzene rings is 2. The van der Waals surface area contributed by atoms with Gasteiger partial charge in [-0.05, 0) is 48.3 Å². The van der Waals surface area contributed by atoms with Crippen LogP contribution in [0.3, 0.4) is 0 Å². The lowest BCUT2D eigenvalue weighted by Crippen LogP contribution is -2.42. The highest BCUT2D eigenvalue weighted by Gasteiger charge is 2.37. The van der Waals surface area contributed by atoms with Gasteiger partial charge in [0.15, 0.2) is 8.32 Å². The maximum absolute atomic E-state index is 6.55. The largest absolute Gasteiger partial charge is 0.497 e. The molecule has 2 aromatic carbocycles. The van der Waals surface area contributed by atoms with Gasteiger partial charge in [0.25, 0.3) is 0 Å². The number of rotatable bonds is 9. The highest BCUT2D eigenvalue weighted by molar-refractivity contribution is 6.74. The lowest BCUT2D eigenvalue weighted by molar-refractivity contribution is 0.297. The number of aromatic nitrogens is 2. The number of methoxy groups -OCH3 is 2. The standard InChI is InChI=1S/C29H37N3O3Si/c1-29(2,3)36(6,7)35-15-14-32(23-16-24(33-4)19-25(17-23)34-5)22-12-13-26-27(18-22)31-28(20-30-26)21-10-8-9-11-21/h8,10-13,16-20H,9,14-15H2,1-7H3. The third kappa shape index (κ3) is 5.63. The predicted octanol–water partition coefficient (Wildman–Crippen LogP) is 7.15. The summed E-state index contributed by atoms with van der Waals surface area (Å²) in [5.74, 6) is 1.48. The molecule has 0 saturated carbocycles. The van der Waals surface area contributed by atoms with E-state index in [1.165, 1.54) is 0 Å². The van der Waals surface area contributed by atoms with Crippen LogP contribution in [0, 0.1) is 0 Å². The molecule has 0 saturated heterocycles. The quantitative estimate of drug-likeness (QED) is 0.289. The molecular weight excluding hydrogens is 466 g/mol. The summed E-state index contributed by atoms with van der Waals surface area (Å²) in [5.41, 5.74) is 5.72. The van der Waals surface area contributed by atoms with Gasteiger partial charge < -0.3 is 18.8 Å². The summed E-state index contributed by atoms with van der Waals surface area (Å²) in [5, 5.41) is 0.148. The second-order valence-corrected chi connectivity index (χ2v) is 15.4. The number of fused-ring (bicyclic) bond motifs is 1. The lowest BCUT2D eigenvalue weighted by Gasteiger charge is -2.37. The summed E-state index contributed by atoms with van der Waals surface area (Å²) in [6.45, 7) is 12.6.